The highest BCUT2D eigenvalue weighted by Gasteiger charge is 2.25. The maximum absolute atomic E-state index is 12.4. The first-order valence-corrected chi connectivity index (χ1v) is 7.25. The molecule has 0 spiro atoms. The van der Waals surface area contributed by atoms with E-state index in [1.54, 1.807) is 11.3 Å². The Labute approximate surface area is 117 Å². The minimum atomic E-state index is 0.116. The van der Waals surface area contributed by atoms with Crippen LogP contribution in [0, 0.1) is 0 Å². The van der Waals surface area contributed by atoms with Crippen molar-refractivity contribution in [2.24, 2.45) is 0 Å². The van der Waals surface area contributed by atoms with Gasteiger partial charge in [-0.1, -0.05) is 18.2 Å². The Kier molecular flexibility index (Phi) is 3.22. The molecule has 0 bridgehead atoms. The maximum atomic E-state index is 12.4. The molecule has 1 amide bonds. The summed E-state index contributed by atoms with van der Waals surface area (Å²) in [7, 11) is 0. The van der Waals surface area contributed by atoms with Crippen LogP contribution >= 0.6 is 11.3 Å². The van der Waals surface area contributed by atoms with Crippen LogP contribution in [0.4, 0.5) is 0 Å². The largest absolute Gasteiger partial charge is 0.330 e. The van der Waals surface area contributed by atoms with Gasteiger partial charge in [0.05, 0.1) is 0 Å². The predicted octanol–water partition coefficient (Wildman–Crippen LogP) is 3.68. The van der Waals surface area contributed by atoms with Crippen molar-refractivity contribution in [2.45, 2.75) is 6.92 Å². The molecule has 0 radical (unpaired) electrons. The minimum absolute atomic E-state index is 0.116. The van der Waals surface area contributed by atoms with Crippen molar-refractivity contribution in [1.82, 2.24) is 4.90 Å². The monoisotopic (exact) mass is 269 g/mol. The van der Waals surface area contributed by atoms with E-state index in [0.717, 1.165) is 18.7 Å². The molecule has 19 heavy (non-hydrogen) atoms. The molecular weight excluding hydrogens is 254 g/mol. The van der Waals surface area contributed by atoms with Gasteiger partial charge < -0.3 is 4.90 Å². The smallest absolute Gasteiger partial charge is 0.254 e. The fraction of sp³-hybridized carbons (Fsp3) is 0.188. The molecule has 0 fully saturated rings. The van der Waals surface area contributed by atoms with Gasteiger partial charge in [-0.2, -0.15) is 11.3 Å². The third-order valence-corrected chi connectivity index (χ3v) is 4.15. The molecule has 0 N–H and O–H groups in total. The fourth-order valence-electron chi connectivity index (χ4n) is 2.44. The third-order valence-electron chi connectivity index (χ3n) is 3.47. The average molecular weight is 269 g/mol. The number of amides is 1. The molecule has 0 saturated heterocycles. The van der Waals surface area contributed by atoms with E-state index in [1.165, 1.54) is 16.7 Å². The third kappa shape index (κ3) is 2.34. The van der Waals surface area contributed by atoms with Gasteiger partial charge in [0.1, 0.15) is 0 Å². The normalized spacial score (nSPS) is 15.1. The van der Waals surface area contributed by atoms with E-state index in [9.17, 15) is 4.79 Å². The van der Waals surface area contributed by atoms with Crippen molar-refractivity contribution < 1.29 is 4.79 Å². The van der Waals surface area contributed by atoms with Crippen LogP contribution in [0.25, 0.3) is 5.57 Å². The van der Waals surface area contributed by atoms with Gasteiger partial charge >= 0.3 is 0 Å². The Balaban J connectivity index is 1.80. The molecule has 2 heterocycles. The molecule has 2 nitrogen and oxygen atoms in total. The lowest BCUT2D eigenvalue weighted by Gasteiger charge is -2.16. The summed E-state index contributed by atoms with van der Waals surface area (Å²) in [5.74, 6) is 0.116. The number of benzene rings is 1. The number of nitrogens with zero attached hydrogens (tertiary/aromatic N) is 1. The van der Waals surface area contributed by atoms with Crippen molar-refractivity contribution in [1.29, 1.82) is 0 Å². The number of hydrogen-bond donors (Lipinski definition) is 0. The van der Waals surface area contributed by atoms with Crippen molar-refractivity contribution >= 4 is 22.8 Å². The summed E-state index contributed by atoms with van der Waals surface area (Å²) in [5.41, 5.74) is 4.61. The van der Waals surface area contributed by atoms with Crippen LogP contribution in [0.15, 0.2) is 52.7 Å². The van der Waals surface area contributed by atoms with Gasteiger partial charge in [-0.15, -0.1) is 0 Å². The van der Waals surface area contributed by atoms with Crippen molar-refractivity contribution in [3.63, 3.8) is 0 Å². The van der Waals surface area contributed by atoms with Gasteiger partial charge in [-0.05, 0) is 52.6 Å². The number of rotatable bonds is 2. The van der Waals surface area contributed by atoms with Crippen LogP contribution in [0.3, 0.4) is 0 Å². The summed E-state index contributed by atoms with van der Waals surface area (Å²) in [6, 6.07) is 11.6. The van der Waals surface area contributed by atoms with E-state index in [-0.39, 0.29) is 5.91 Å². The number of carbonyl (C=O) groups is 1. The summed E-state index contributed by atoms with van der Waals surface area (Å²) in [6.45, 7) is 3.57. The number of thiophene rings is 1. The van der Waals surface area contributed by atoms with Crippen LogP contribution < -0.4 is 0 Å². The van der Waals surface area contributed by atoms with E-state index >= 15 is 0 Å². The zero-order chi connectivity index (χ0) is 13.2. The van der Waals surface area contributed by atoms with E-state index < -0.39 is 0 Å². The second-order valence-corrected chi connectivity index (χ2v) is 5.58. The summed E-state index contributed by atoms with van der Waals surface area (Å²) in [6.07, 6.45) is 0. The highest BCUT2D eigenvalue weighted by Crippen LogP contribution is 2.28. The van der Waals surface area contributed by atoms with Crippen LogP contribution in [0.1, 0.15) is 22.8 Å². The SMILES string of the molecule is CC1=C(c2ccsc2)CN(C(=O)c2ccccc2)C1. The molecule has 1 aromatic carbocycles. The van der Waals surface area contributed by atoms with Gasteiger partial charge in [-0.3, -0.25) is 4.79 Å². The first-order valence-electron chi connectivity index (χ1n) is 6.31. The molecule has 1 aromatic heterocycles. The van der Waals surface area contributed by atoms with Gasteiger partial charge in [0.25, 0.3) is 5.91 Å². The summed E-state index contributed by atoms with van der Waals surface area (Å²) < 4.78 is 0. The summed E-state index contributed by atoms with van der Waals surface area (Å²) >= 11 is 1.70. The molecule has 3 rings (SSSR count). The first-order chi connectivity index (χ1) is 9.25. The maximum Gasteiger partial charge on any atom is 0.254 e. The Hall–Kier alpha value is -1.87. The van der Waals surface area contributed by atoms with E-state index in [1.807, 2.05) is 35.2 Å². The molecule has 2 aromatic rings. The van der Waals surface area contributed by atoms with Crippen LogP contribution in [0.2, 0.25) is 0 Å². The van der Waals surface area contributed by atoms with Gasteiger partial charge in [-0.25, -0.2) is 0 Å². The van der Waals surface area contributed by atoms with Crippen molar-refractivity contribution in [3.8, 4) is 0 Å². The lowest BCUT2D eigenvalue weighted by molar-refractivity contribution is 0.0799. The number of hydrogen-bond acceptors (Lipinski definition) is 2. The lowest BCUT2D eigenvalue weighted by Crippen LogP contribution is -2.29. The molecule has 1 aliphatic heterocycles. The van der Waals surface area contributed by atoms with Crippen LogP contribution in [-0.4, -0.2) is 23.9 Å². The van der Waals surface area contributed by atoms with E-state index in [0.29, 0.717) is 0 Å². The second-order valence-electron chi connectivity index (χ2n) is 4.80. The molecule has 0 unspecified atom stereocenters. The van der Waals surface area contributed by atoms with Gasteiger partial charge in [0.15, 0.2) is 0 Å². The Morgan fingerprint density at radius 2 is 1.95 bits per heavy atom. The zero-order valence-electron chi connectivity index (χ0n) is 10.8. The van der Waals surface area contributed by atoms with Crippen LogP contribution in [-0.2, 0) is 0 Å². The highest BCUT2D eigenvalue weighted by molar-refractivity contribution is 7.08. The van der Waals surface area contributed by atoms with Crippen LogP contribution in [0.5, 0.6) is 0 Å². The summed E-state index contributed by atoms with van der Waals surface area (Å²) in [4.78, 5) is 14.3. The molecule has 3 heteroatoms. The Morgan fingerprint density at radius 1 is 1.16 bits per heavy atom. The lowest BCUT2D eigenvalue weighted by atomic mass is 10.1. The topological polar surface area (TPSA) is 20.3 Å². The fourth-order valence-corrected chi connectivity index (χ4v) is 3.12. The molecule has 96 valence electrons. The second kappa shape index (κ2) is 5.02. The standard InChI is InChI=1S/C16H15NOS/c1-12-9-17(10-15(12)14-7-8-19-11-14)16(18)13-5-3-2-4-6-13/h2-8,11H,9-10H2,1H3. The number of carbonyl (C=O) groups excluding carboxylic acids is 1. The highest BCUT2D eigenvalue weighted by atomic mass is 32.1. The van der Waals surface area contributed by atoms with E-state index in [4.69, 9.17) is 0 Å². The molecule has 1 aliphatic rings. The predicted molar refractivity (Wildman–Crippen MR) is 79.3 cm³/mol. The Bertz CT molecular complexity index is 613. The quantitative estimate of drug-likeness (QED) is 0.814. The zero-order valence-corrected chi connectivity index (χ0v) is 11.6. The van der Waals surface area contributed by atoms with Crippen molar-refractivity contribution in [2.75, 3.05) is 13.1 Å². The van der Waals surface area contributed by atoms with Crippen molar-refractivity contribution in [3.05, 3.63) is 63.9 Å². The molecule has 0 atom stereocenters. The summed E-state index contributed by atoms with van der Waals surface area (Å²) in [5, 5.41) is 4.23. The molecule has 0 saturated carbocycles. The van der Waals surface area contributed by atoms with Gasteiger partial charge in [0, 0.05) is 18.7 Å². The van der Waals surface area contributed by atoms with Gasteiger partial charge in [0.2, 0.25) is 0 Å². The first kappa shape index (κ1) is 12.2. The average Bonchev–Trinajstić information content (AvgIpc) is 3.08. The minimum Gasteiger partial charge on any atom is -0.330 e. The molecule has 0 aliphatic carbocycles. The Morgan fingerprint density at radius 3 is 2.63 bits per heavy atom. The molecular formula is C16H15NOS. The van der Waals surface area contributed by atoms with E-state index in [2.05, 4.69) is 23.8 Å².